The first-order chi connectivity index (χ1) is 8.94. The predicted octanol–water partition coefficient (Wildman–Crippen LogP) is 2.53. The SMILES string of the molecule is COC(=O)c1c(N)nsc1N1CCCC(C)(C)CC1. The molecular weight excluding hydrogens is 262 g/mol. The fraction of sp³-hybridized carbons (Fsp3) is 0.692. The zero-order valence-electron chi connectivity index (χ0n) is 11.7. The highest BCUT2D eigenvalue weighted by Gasteiger charge is 2.28. The second kappa shape index (κ2) is 5.36. The molecule has 0 saturated carbocycles. The third kappa shape index (κ3) is 3.00. The van der Waals surface area contributed by atoms with E-state index >= 15 is 0 Å². The fourth-order valence-electron chi connectivity index (χ4n) is 2.43. The van der Waals surface area contributed by atoms with E-state index in [1.54, 1.807) is 0 Å². The van der Waals surface area contributed by atoms with Crippen molar-refractivity contribution in [2.24, 2.45) is 5.41 Å². The number of nitrogens with two attached hydrogens (primary N) is 1. The molecule has 1 saturated heterocycles. The summed E-state index contributed by atoms with van der Waals surface area (Å²) in [6.45, 7) is 6.45. The molecule has 19 heavy (non-hydrogen) atoms. The summed E-state index contributed by atoms with van der Waals surface area (Å²) in [6, 6.07) is 0. The Labute approximate surface area is 117 Å². The molecule has 0 aromatic carbocycles. The molecule has 0 atom stereocenters. The van der Waals surface area contributed by atoms with E-state index in [1.807, 2.05) is 0 Å². The lowest BCUT2D eigenvalue weighted by atomic mass is 9.85. The van der Waals surface area contributed by atoms with Crippen LogP contribution in [0, 0.1) is 5.41 Å². The molecule has 0 amide bonds. The number of aromatic nitrogens is 1. The number of esters is 1. The van der Waals surface area contributed by atoms with Gasteiger partial charge in [-0.05, 0) is 36.2 Å². The van der Waals surface area contributed by atoms with Gasteiger partial charge in [0.1, 0.15) is 10.6 Å². The molecule has 0 bridgehead atoms. The number of rotatable bonds is 2. The van der Waals surface area contributed by atoms with Crippen LogP contribution in [0.3, 0.4) is 0 Å². The topological polar surface area (TPSA) is 68.5 Å². The smallest absolute Gasteiger partial charge is 0.344 e. The van der Waals surface area contributed by atoms with Crippen LogP contribution in [-0.2, 0) is 4.74 Å². The van der Waals surface area contributed by atoms with Crippen molar-refractivity contribution in [1.82, 2.24) is 4.37 Å². The first-order valence-electron chi connectivity index (χ1n) is 6.53. The van der Waals surface area contributed by atoms with Gasteiger partial charge < -0.3 is 15.4 Å². The van der Waals surface area contributed by atoms with Gasteiger partial charge in [-0.25, -0.2) is 4.79 Å². The van der Waals surface area contributed by atoms with Crippen molar-refractivity contribution in [3.8, 4) is 0 Å². The van der Waals surface area contributed by atoms with Crippen molar-refractivity contribution in [2.45, 2.75) is 33.1 Å². The number of nitrogen functional groups attached to an aromatic ring is 1. The Morgan fingerprint density at radius 2 is 2.16 bits per heavy atom. The number of ether oxygens (including phenoxy) is 1. The lowest BCUT2D eigenvalue weighted by Crippen LogP contribution is -2.26. The highest BCUT2D eigenvalue weighted by molar-refractivity contribution is 7.11. The molecule has 0 unspecified atom stereocenters. The molecule has 2 heterocycles. The van der Waals surface area contributed by atoms with Gasteiger partial charge in [-0.3, -0.25) is 0 Å². The van der Waals surface area contributed by atoms with Gasteiger partial charge in [0.15, 0.2) is 5.82 Å². The second-order valence-electron chi connectivity index (χ2n) is 5.74. The summed E-state index contributed by atoms with van der Waals surface area (Å²) in [4.78, 5) is 14.0. The molecule has 1 aromatic heterocycles. The quantitative estimate of drug-likeness (QED) is 0.845. The number of carbonyl (C=O) groups is 1. The van der Waals surface area contributed by atoms with Crippen molar-refractivity contribution in [2.75, 3.05) is 30.8 Å². The largest absolute Gasteiger partial charge is 0.465 e. The van der Waals surface area contributed by atoms with Gasteiger partial charge in [0.05, 0.1) is 7.11 Å². The van der Waals surface area contributed by atoms with Crippen LogP contribution < -0.4 is 10.6 Å². The van der Waals surface area contributed by atoms with Gasteiger partial charge in [0.25, 0.3) is 0 Å². The summed E-state index contributed by atoms with van der Waals surface area (Å²) in [5, 5.41) is 0.849. The lowest BCUT2D eigenvalue weighted by Gasteiger charge is -2.24. The summed E-state index contributed by atoms with van der Waals surface area (Å²) in [6.07, 6.45) is 3.42. The van der Waals surface area contributed by atoms with Crippen LogP contribution in [0.5, 0.6) is 0 Å². The molecule has 6 heteroatoms. The first-order valence-corrected chi connectivity index (χ1v) is 7.30. The molecule has 2 N–H and O–H groups in total. The van der Waals surface area contributed by atoms with E-state index in [-0.39, 0.29) is 5.82 Å². The van der Waals surface area contributed by atoms with Gasteiger partial charge in [0.2, 0.25) is 0 Å². The minimum atomic E-state index is -0.398. The van der Waals surface area contributed by atoms with Gasteiger partial charge in [0, 0.05) is 13.1 Å². The number of methoxy groups -OCH3 is 1. The van der Waals surface area contributed by atoms with Crippen LogP contribution in [0.2, 0.25) is 0 Å². The average molecular weight is 283 g/mol. The number of hydrogen-bond donors (Lipinski definition) is 1. The van der Waals surface area contributed by atoms with E-state index in [9.17, 15) is 4.79 Å². The van der Waals surface area contributed by atoms with Crippen molar-refractivity contribution in [1.29, 1.82) is 0 Å². The second-order valence-corrected chi connectivity index (χ2v) is 6.50. The summed E-state index contributed by atoms with van der Waals surface area (Å²) < 4.78 is 8.90. The van der Waals surface area contributed by atoms with E-state index in [4.69, 9.17) is 10.5 Å². The average Bonchev–Trinajstić information content (AvgIpc) is 2.64. The molecule has 1 aliphatic rings. The third-order valence-electron chi connectivity index (χ3n) is 3.72. The molecule has 0 aliphatic carbocycles. The van der Waals surface area contributed by atoms with Crippen LogP contribution in [0.15, 0.2) is 0 Å². The Balaban J connectivity index is 2.25. The van der Waals surface area contributed by atoms with E-state index in [0.717, 1.165) is 30.9 Å². The van der Waals surface area contributed by atoms with Crippen molar-refractivity contribution in [3.05, 3.63) is 5.56 Å². The standard InChI is InChI=1S/C13H21N3O2S/c1-13(2)5-4-7-16(8-6-13)11-9(12(17)18-3)10(14)15-19-11/h4-8H2,1-3H3,(H2,14,15). The van der Waals surface area contributed by atoms with Crippen LogP contribution in [0.4, 0.5) is 10.8 Å². The molecule has 1 aromatic rings. The molecule has 1 aliphatic heterocycles. The number of carbonyl (C=O) groups excluding carboxylic acids is 1. The zero-order valence-corrected chi connectivity index (χ0v) is 12.5. The van der Waals surface area contributed by atoms with Crippen molar-refractivity contribution < 1.29 is 9.53 Å². The van der Waals surface area contributed by atoms with Crippen LogP contribution >= 0.6 is 11.5 Å². The normalized spacial score (nSPS) is 19.0. The Morgan fingerprint density at radius 1 is 1.42 bits per heavy atom. The molecule has 1 fully saturated rings. The summed E-state index contributed by atoms with van der Waals surface area (Å²) >= 11 is 1.29. The fourth-order valence-corrected chi connectivity index (χ4v) is 3.28. The van der Waals surface area contributed by atoms with Gasteiger partial charge in [-0.1, -0.05) is 13.8 Å². The zero-order chi connectivity index (χ0) is 14.0. The predicted molar refractivity (Wildman–Crippen MR) is 77.7 cm³/mol. The first kappa shape index (κ1) is 14.1. The number of hydrogen-bond acceptors (Lipinski definition) is 6. The number of anilines is 2. The Kier molecular flexibility index (Phi) is 3.99. The van der Waals surface area contributed by atoms with E-state index in [1.165, 1.54) is 25.1 Å². The minimum Gasteiger partial charge on any atom is -0.465 e. The molecule has 106 valence electrons. The number of nitrogens with zero attached hydrogens (tertiary/aromatic N) is 2. The van der Waals surface area contributed by atoms with E-state index < -0.39 is 5.97 Å². The molecule has 0 radical (unpaired) electrons. The molecule has 2 rings (SSSR count). The van der Waals surface area contributed by atoms with Gasteiger partial charge in [-0.2, -0.15) is 4.37 Å². The third-order valence-corrected chi connectivity index (χ3v) is 4.64. The monoisotopic (exact) mass is 283 g/mol. The van der Waals surface area contributed by atoms with Gasteiger partial charge >= 0.3 is 5.97 Å². The molecule has 0 spiro atoms. The Hall–Kier alpha value is -1.30. The van der Waals surface area contributed by atoms with Crippen molar-refractivity contribution in [3.63, 3.8) is 0 Å². The maximum Gasteiger partial charge on any atom is 0.344 e. The van der Waals surface area contributed by atoms with Crippen LogP contribution in [0.25, 0.3) is 0 Å². The summed E-state index contributed by atoms with van der Waals surface area (Å²) in [7, 11) is 1.37. The van der Waals surface area contributed by atoms with Crippen LogP contribution in [0.1, 0.15) is 43.5 Å². The summed E-state index contributed by atoms with van der Waals surface area (Å²) in [5.41, 5.74) is 6.57. The van der Waals surface area contributed by atoms with E-state index in [0.29, 0.717) is 11.0 Å². The van der Waals surface area contributed by atoms with Crippen molar-refractivity contribution >= 4 is 28.3 Å². The lowest BCUT2D eigenvalue weighted by molar-refractivity contribution is 0.0603. The summed E-state index contributed by atoms with van der Waals surface area (Å²) in [5.74, 6) is -0.125. The Morgan fingerprint density at radius 3 is 2.84 bits per heavy atom. The van der Waals surface area contributed by atoms with Gasteiger partial charge in [-0.15, -0.1) is 0 Å². The Bertz CT molecular complexity index is 470. The highest BCUT2D eigenvalue weighted by Crippen LogP contribution is 2.36. The molecule has 5 nitrogen and oxygen atoms in total. The van der Waals surface area contributed by atoms with Crippen LogP contribution in [-0.4, -0.2) is 30.5 Å². The molecular formula is C13H21N3O2S. The highest BCUT2D eigenvalue weighted by atomic mass is 32.1. The minimum absolute atomic E-state index is 0.273. The maximum absolute atomic E-state index is 11.8. The van der Waals surface area contributed by atoms with E-state index in [2.05, 4.69) is 23.1 Å². The maximum atomic E-state index is 11.8.